The second-order valence-corrected chi connectivity index (χ2v) is 5.84. The predicted octanol–water partition coefficient (Wildman–Crippen LogP) is 3.77. The summed E-state index contributed by atoms with van der Waals surface area (Å²) in [5.74, 6) is 0.819. The lowest BCUT2D eigenvalue weighted by molar-refractivity contribution is 0.0480. The average Bonchev–Trinajstić information content (AvgIpc) is 2.37. The molecule has 0 unspecified atom stereocenters. The van der Waals surface area contributed by atoms with Crippen molar-refractivity contribution >= 4 is 44.9 Å². The van der Waals surface area contributed by atoms with E-state index in [-0.39, 0.29) is 0 Å². The number of aromatic nitrogens is 1. The molecule has 18 heavy (non-hydrogen) atoms. The molecule has 1 saturated heterocycles. The van der Waals surface area contributed by atoms with Gasteiger partial charge in [0.05, 0.1) is 22.8 Å². The van der Waals surface area contributed by atoms with Crippen molar-refractivity contribution in [2.24, 2.45) is 0 Å². The first kappa shape index (κ1) is 14.4. The molecule has 6 heteroatoms. The maximum Gasteiger partial charge on any atom is 0.147 e. The standard InChI is InChI=1S/C12H15BrCl2N2O/c13-3-6-18-10-1-4-17(5-2-10)12-11(15)7-9(14)8-16-12/h7-8,10H,1-6H2. The highest BCUT2D eigenvalue weighted by Gasteiger charge is 2.21. The molecule has 0 bridgehead atoms. The summed E-state index contributed by atoms with van der Waals surface area (Å²) in [4.78, 5) is 6.49. The second kappa shape index (κ2) is 6.94. The van der Waals surface area contributed by atoms with Crippen molar-refractivity contribution in [3.05, 3.63) is 22.3 Å². The summed E-state index contributed by atoms with van der Waals surface area (Å²) >= 11 is 15.4. The van der Waals surface area contributed by atoms with E-state index in [1.807, 2.05) is 0 Å². The van der Waals surface area contributed by atoms with Crippen LogP contribution in [-0.4, -0.2) is 36.1 Å². The van der Waals surface area contributed by atoms with E-state index in [2.05, 4.69) is 25.8 Å². The molecule has 1 aromatic rings. The van der Waals surface area contributed by atoms with E-state index in [0.29, 0.717) is 16.1 Å². The van der Waals surface area contributed by atoms with Gasteiger partial charge in [-0.2, -0.15) is 0 Å². The van der Waals surface area contributed by atoms with Gasteiger partial charge in [-0.1, -0.05) is 39.1 Å². The van der Waals surface area contributed by atoms with Crippen molar-refractivity contribution in [1.29, 1.82) is 0 Å². The van der Waals surface area contributed by atoms with Gasteiger partial charge >= 0.3 is 0 Å². The van der Waals surface area contributed by atoms with Crippen LogP contribution in [0.4, 0.5) is 5.82 Å². The smallest absolute Gasteiger partial charge is 0.147 e. The summed E-state index contributed by atoms with van der Waals surface area (Å²) in [7, 11) is 0. The number of halogens is 3. The van der Waals surface area contributed by atoms with Crippen LogP contribution in [0.25, 0.3) is 0 Å². The van der Waals surface area contributed by atoms with E-state index in [1.165, 1.54) is 0 Å². The van der Waals surface area contributed by atoms with Crippen LogP contribution in [-0.2, 0) is 4.74 Å². The highest BCUT2D eigenvalue weighted by atomic mass is 79.9. The van der Waals surface area contributed by atoms with Gasteiger partial charge in [0.2, 0.25) is 0 Å². The van der Waals surface area contributed by atoms with E-state index in [4.69, 9.17) is 27.9 Å². The topological polar surface area (TPSA) is 25.4 Å². The number of anilines is 1. The molecule has 2 rings (SSSR count). The summed E-state index contributed by atoms with van der Waals surface area (Å²) in [5, 5.41) is 2.07. The summed E-state index contributed by atoms with van der Waals surface area (Å²) in [5.41, 5.74) is 0. The number of piperidine rings is 1. The largest absolute Gasteiger partial charge is 0.377 e. The van der Waals surface area contributed by atoms with Crippen LogP contribution >= 0.6 is 39.1 Å². The highest BCUT2D eigenvalue weighted by Crippen LogP contribution is 2.28. The van der Waals surface area contributed by atoms with Crippen molar-refractivity contribution in [2.75, 3.05) is 29.9 Å². The Kier molecular flexibility index (Phi) is 5.55. The molecule has 0 N–H and O–H groups in total. The van der Waals surface area contributed by atoms with Gasteiger partial charge in [-0.3, -0.25) is 0 Å². The molecular weight excluding hydrogens is 339 g/mol. The average molecular weight is 354 g/mol. The molecule has 1 aliphatic heterocycles. The SMILES string of the molecule is Clc1cnc(N2CCC(OCCBr)CC2)c(Cl)c1. The summed E-state index contributed by atoms with van der Waals surface area (Å²) in [6.45, 7) is 2.60. The Morgan fingerprint density at radius 2 is 2.11 bits per heavy atom. The van der Waals surface area contributed by atoms with Gasteiger partial charge in [0.1, 0.15) is 5.82 Å². The molecule has 1 aromatic heterocycles. The number of hydrogen-bond acceptors (Lipinski definition) is 3. The normalized spacial score (nSPS) is 17.2. The second-order valence-electron chi connectivity index (χ2n) is 4.21. The van der Waals surface area contributed by atoms with Crippen LogP contribution in [0.3, 0.4) is 0 Å². The Morgan fingerprint density at radius 1 is 1.39 bits per heavy atom. The number of rotatable bonds is 4. The Labute approximate surface area is 126 Å². The molecule has 100 valence electrons. The molecule has 3 nitrogen and oxygen atoms in total. The van der Waals surface area contributed by atoms with Gasteiger partial charge in [-0.25, -0.2) is 4.98 Å². The van der Waals surface area contributed by atoms with Crippen LogP contribution in [0.15, 0.2) is 12.3 Å². The fourth-order valence-electron chi connectivity index (χ4n) is 2.09. The first-order valence-corrected chi connectivity index (χ1v) is 7.82. The van der Waals surface area contributed by atoms with Crippen molar-refractivity contribution in [3.63, 3.8) is 0 Å². The maximum absolute atomic E-state index is 6.16. The minimum Gasteiger partial charge on any atom is -0.377 e. The summed E-state index contributed by atoms with van der Waals surface area (Å²) in [6, 6.07) is 1.73. The number of ether oxygens (including phenoxy) is 1. The number of nitrogens with zero attached hydrogens (tertiary/aromatic N) is 2. The number of alkyl halides is 1. The molecule has 0 spiro atoms. The quantitative estimate of drug-likeness (QED) is 0.770. The first-order valence-electron chi connectivity index (χ1n) is 5.94. The highest BCUT2D eigenvalue weighted by molar-refractivity contribution is 9.09. The lowest BCUT2D eigenvalue weighted by Crippen LogP contribution is -2.37. The van der Waals surface area contributed by atoms with Gasteiger partial charge in [-0.05, 0) is 18.9 Å². The van der Waals surface area contributed by atoms with E-state index < -0.39 is 0 Å². The van der Waals surface area contributed by atoms with Crippen LogP contribution in [0.2, 0.25) is 10.0 Å². The van der Waals surface area contributed by atoms with Crippen LogP contribution < -0.4 is 4.90 Å². The molecule has 0 amide bonds. The molecule has 0 aliphatic carbocycles. The third-order valence-corrected chi connectivity index (χ3v) is 3.77. The molecular formula is C12H15BrCl2N2O. The Bertz CT molecular complexity index is 398. The monoisotopic (exact) mass is 352 g/mol. The molecule has 0 aromatic carbocycles. The minimum absolute atomic E-state index is 0.352. The van der Waals surface area contributed by atoms with Crippen molar-refractivity contribution in [1.82, 2.24) is 4.98 Å². The molecule has 1 aliphatic rings. The van der Waals surface area contributed by atoms with Crippen molar-refractivity contribution in [3.8, 4) is 0 Å². The molecule has 0 atom stereocenters. The molecule has 1 fully saturated rings. The van der Waals surface area contributed by atoms with Gasteiger partial charge in [-0.15, -0.1) is 0 Å². The fourth-order valence-corrected chi connectivity index (χ4v) is 2.77. The van der Waals surface area contributed by atoms with Crippen LogP contribution in [0.5, 0.6) is 0 Å². The minimum atomic E-state index is 0.352. The number of hydrogen-bond donors (Lipinski definition) is 0. The predicted molar refractivity (Wildman–Crippen MR) is 79.2 cm³/mol. The van der Waals surface area contributed by atoms with Crippen LogP contribution in [0, 0.1) is 0 Å². The van der Waals surface area contributed by atoms with E-state index in [1.54, 1.807) is 12.3 Å². The lowest BCUT2D eigenvalue weighted by Gasteiger charge is -2.33. The zero-order valence-electron chi connectivity index (χ0n) is 9.91. The molecule has 0 saturated carbocycles. The van der Waals surface area contributed by atoms with Crippen molar-refractivity contribution < 1.29 is 4.74 Å². The Morgan fingerprint density at radius 3 is 2.72 bits per heavy atom. The van der Waals surface area contributed by atoms with E-state index in [9.17, 15) is 0 Å². The molecule has 0 radical (unpaired) electrons. The zero-order chi connectivity index (χ0) is 13.0. The number of pyridine rings is 1. The lowest BCUT2D eigenvalue weighted by atomic mass is 10.1. The molecule has 2 heterocycles. The van der Waals surface area contributed by atoms with Crippen LogP contribution in [0.1, 0.15) is 12.8 Å². The van der Waals surface area contributed by atoms with E-state index in [0.717, 1.165) is 43.7 Å². The van der Waals surface area contributed by atoms with Gasteiger partial charge < -0.3 is 9.64 Å². The zero-order valence-corrected chi connectivity index (χ0v) is 13.0. The summed E-state index contributed by atoms with van der Waals surface area (Å²) < 4.78 is 5.72. The first-order chi connectivity index (χ1) is 8.70. The fraction of sp³-hybridized carbons (Fsp3) is 0.583. The third kappa shape index (κ3) is 3.73. The van der Waals surface area contributed by atoms with E-state index >= 15 is 0 Å². The van der Waals surface area contributed by atoms with Gasteiger partial charge in [0.15, 0.2) is 0 Å². The third-order valence-electron chi connectivity index (χ3n) is 2.96. The summed E-state index contributed by atoms with van der Waals surface area (Å²) in [6.07, 6.45) is 4.00. The Balaban J connectivity index is 1.93. The maximum atomic E-state index is 6.16. The van der Waals surface area contributed by atoms with Gasteiger partial charge in [0, 0.05) is 24.6 Å². The Hall–Kier alpha value is -0.0300. The van der Waals surface area contributed by atoms with Gasteiger partial charge in [0.25, 0.3) is 0 Å². The van der Waals surface area contributed by atoms with Crippen molar-refractivity contribution in [2.45, 2.75) is 18.9 Å².